The zero-order valence-corrected chi connectivity index (χ0v) is 18.5. The average molecular weight is 435 g/mol. The van der Waals surface area contributed by atoms with Crippen molar-refractivity contribution in [3.63, 3.8) is 0 Å². The van der Waals surface area contributed by atoms with Crippen molar-refractivity contribution in [3.05, 3.63) is 89.5 Å². The molecule has 4 rings (SSSR count). The minimum absolute atomic E-state index is 0.00671. The van der Waals surface area contributed by atoms with E-state index in [-0.39, 0.29) is 24.4 Å². The Kier molecular flexibility index (Phi) is 6.98. The number of ether oxygens (including phenoxy) is 3. The summed E-state index contributed by atoms with van der Waals surface area (Å²) in [7, 11) is 0. The largest absolute Gasteiger partial charge is 0.508 e. The molecule has 2 N–H and O–H groups in total. The highest BCUT2D eigenvalue weighted by atomic mass is 16.6. The first kappa shape index (κ1) is 22.2. The Morgan fingerprint density at radius 2 is 1.34 bits per heavy atom. The summed E-state index contributed by atoms with van der Waals surface area (Å²) in [5, 5.41) is 19.2. The van der Waals surface area contributed by atoms with Gasteiger partial charge in [-0.05, 0) is 66.9 Å². The van der Waals surface area contributed by atoms with E-state index >= 15 is 0 Å². The number of phenols is 1. The molecule has 0 amide bonds. The Balaban J connectivity index is 1.56. The lowest BCUT2D eigenvalue weighted by Gasteiger charge is -2.20. The van der Waals surface area contributed by atoms with Gasteiger partial charge in [0.15, 0.2) is 0 Å². The summed E-state index contributed by atoms with van der Waals surface area (Å²) >= 11 is 0. The topological polar surface area (TPSA) is 71.5 Å². The van der Waals surface area contributed by atoms with Crippen molar-refractivity contribution in [1.82, 2.24) is 0 Å². The van der Waals surface area contributed by atoms with E-state index in [0.717, 1.165) is 41.2 Å². The number of phenolic OH excluding ortho intramolecular Hbond substituents is 1. The summed E-state index contributed by atoms with van der Waals surface area (Å²) in [4.78, 5) is 0. The second kappa shape index (κ2) is 10.1. The van der Waals surface area contributed by atoms with Crippen molar-refractivity contribution in [2.75, 3.05) is 13.2 Å². The third-order valence-electron chi connectivity index (χ3n) is 5.48. The van der Waals surface area contributed by atoms with Gasteiger partial charge < -0.3 is 24.4 Å². The van der Waals surface area contributed by atoms with Crippen LogP contribution in [0.1, 0.15) is 42.9 Å². The molecule has 0 radical (unpaired) electrons. The van der Waals surface area contributed by atoms with Gasteiger partial charge in [-0.25, -0.2) is 0 Å². The standard InChI is InChI=1S/C27H30O5/c1-18(28)16-30-24-11-5-21(6-12-24)27(20-3-9-23(29)10-4-20)22-7-13-25(14-8-22)32-19(2)15-26-17-31-26/h3-14,18-19,26-29H,15-17H2,1-2H3. The number of aliphatic hydroxyl groups excluding tert-OH is 1. The molecule has 1 fully saturated rings. The molecule has 32 heavy (non-hydrogen) atoms. The summed E-state index contributed by atoms with van der Waals surface area (Å²) in [5.74, 6) is 1.80. The van der Waals surface area contributed by atoms with E-state index in [1.165, 1.54) is 0 Å². The van der Waals surface area contributed by atoms with Crippen LogP contribution in [0.15, 0.2) is 72.8 Å². The van der Waals surface area contributed by atoms with Gasteiger partial charge >= 0.3 is 0 Å². The lowest BCUT2D eigenvalue weighted by molar-refractivity contribution is 0.122. The minimum Gasteiger partial charge on any atom is -0.508 e. The fourth-order valence-electron chi connectivity index (χ4n) is 3.81. The van der Waals surface area contributed by atoms with Crippen LogP contribution in [-0.2, 0) is 4.74 Å². The third kappa shape index (κ3) is 6.02. The predicted octanol–water partition coefficient (Wildman–Crippen LogP) is 4.89. The summed E-state index contributed by atoms with van der Waals surface area (Å²) in [6, 6.07) is 23.4. The molecular formula is C27H30O5. The number of hydrogen-bond donors (Lipinski definition) is 2. The van der Waals surface area contributed by atoms with E-state index < -0.39 is 6.10 Å². The van der Waals surface area contributed by atoms with Gasteiger partial charge in [0.25, 0.3) is 0 Å². The molecule has 3 aromatic rings. The van der Waals surface area contributed by atoms with Crippen molar-refractivity contribution in [1.29, 1.82) is 0 Å². The molecule has 1 saturated heterocycles. The predicted molar refractivity (Wildman–Crippen MR) is 124 cm³/mol. The van der Waals surface area contributed by atoms with Crippen molar-refractivity contribution >= 4 is 0 Å². The molecule has 5 nitrogen and oxygen atoms in total. The van der Waals surface area contributed by atoms with Crippen LogP contribution in [0.25, 0.3) is 0 Å². The van der Waals surface area contributed by atoms with Crippen LogP contribution >= 0.6 is 0 Å². The van der Waals surface area contributed by atoms with Crippen LogP contribution in [0.2, 0.25) is 0 Å². The average Bonchev–Trinajstić information content (AvgIpc) is 3.59. The van der Waals surface area contributed by atoms with Crippen LogP contribution in [0, 0.1) is 0 Å². The summed E-state index contributed by atoms with van der Waals surface area (Å²) in [6.45, 7) is 4.86. The first-order valence-electron chi connectivity index (χ1n) is 11.1. The minimum atomic E-state index is -0.514. The van der Waals surface area contributed by atoms with Crippen molar-refractivity contribution in [2.45, 2.75) is 44.5 Å². The van der Waals surface area contributed by atoms with Gasteiger partial charge in [-0.1, -0.05) is 36.4 Å². The first-order valence-corrected chi connectivity index (χ1v) is 11.1. The highest BCUT2D eigenvalue weighted by molar-refractivity contribution is 5.46. The Morgan fingerprint density at radius 1 is 0.844 bits per heavy atom. The lowest BCUT2D eigenvalue weighted by Crippen LogP contribution is -2.14. The van der Waals surface area contributed by atoms with Crippen LogP contribution in [0.4, 0.5) is 0 Å². The molecule has 0 saturated carbocycles. The third-order valence-corrected chi connectivity index (χ3v) is 5.48. The van der Waals surface area contributed by atoms with Gasteiger partial charge in [-0.3, -0.25) is 0 Å². The van der Waals surface area contributed by atoms with Crippen LogP contribution < -0.4 is 9.47 Å². The molecule has 1 heterocycles. The molecule has 5 heteroatoms. The van der Waals surface area contributed by atoms with E-state index in [1.807, 2.05) is 48.5 Å². The van der Waals surface area contributed by atoms with Crippen molar-refractivity contribution < 1.29 is 24.4 Å². The fraction of sp³-hybridized carbons (Fsp3) is 0.333. The highest BCUT2D eigenvalue weighted by Gasteiger charge is 2.25. The maximum Gasteiger partial charge on any atom is 0.119 e. The van der Waals surface area contributed by atoms with Crippen molar-refractivity contribution in [2.24, 2.45) is 0 Å². The van der Waals surface area contributed by atoms with E-state index in [9.17, 15) is 10.2 Å². The van der Waals surface area contributed by atoms with E-state index in [2.05, 4.69) is 19.1 Å². The molecule has 0 bridgehead atoms. The number of aliphatic hydroxyl groups is 1. The van der Waals surface area contributed by atoms with Gasteiger partial charge in [0.05, 0.1) is 24.9 Å². The normalized spacial score (nSPS) is 17.9. The first-order chi connectivity index (χ1) is 15.5. The quantitative estimate of drug-likeness (QED) is 0.351. The van der Waals surface area contributed by atoms with Gasteiger partial charge in [-0.2, -0.15) is 0 Å². The van der Waals surface area contributed by atoms with Crippen LogP contribution in [0.5, 0.6) is 17.2 Å². The van der Waals surface area contributed by atoms with Gasteiger partial charge in [0.1, 0.15) is 23.9 Å². The SMILES string of the molecule is CC(O)COc1ccc(C(c2ccc(O)cc2)c2ccc(OC(C)CC3CO3)cc2)cc1. The van der Waals surface area contributed by atoms with E-state index in [4.69, 9.17) is 14.2 Å². The Morgan fingerprint density at radius 3 is 1.84 bits per heavy atom. The summed E-state index contributed by atoms with van der Waals surface area (Å²) in [5.41, 5.74) is 3.31. The zero-order valence-electron chi connectivity index (χ0n) is 18.5. The van der Waals surface area contributed by atoms with E-state index in [1.54, 1.807) is 19.1 Å². The molecule has 0 aliphatic carbocycles. The molecular weight excluding hydrogens is 404 g/mol. The summed E-state index contributed by atoms with van der Waals surface area (Å²) in [6.07, 6.45) is 0.840. The van der Waals surface area contributed by atoms with Gasteiger partial charge in [0, 0.05) is 12.3 Å². The van der Waals surface area contributed by atoms with Crippen molar-refractivity contribution in [3.8, 4) is 17.2 Å². The maximum atomic E-state index is 9.74. The number of rotatable bonds is 10. The number of benzene rings is 3. The molecule has 4 atom stereocenters. The van der Waals surface area contributed by atoms with Crippen LogP contribution in [-0.4, -0.2) is 41.7 Å². The number of aromatic hydroxyl groups is 1. The number of epoxide rings is 1. The van der Waals surface area contributed by atoms with Crippen LogP contribution in [0.3, 0.4) is 0 Å². The molecule has 1 aliphatic heterocycles. The number of hydrogen-bond acceptors (Lipinski definition) is 5. The molecule has 0 spiro atoms. The Labute approximate surface area is 189 Å². The van der Waals surface area contributed by atoms with E-state index in [0.29, 0.717) is 6.10 Å². The Hall–Kier alpha value is -3.02. The molecule has 4 unspecified atom stereocenters. The zero-order chi connectivity index (χ0) is 22.5. The second-order valence-corrected chi connectivity index (χ2v) is 8.44. The molecule has 3 aromatic carbocycles. The monoisotopic (exact) mass is 434 g/mol. The highest BCUT2D eigenvalue weighted by Crippen LogP contribution is 2.34. The van der Waals surface area contributed by atoms with Gasteiger partial charge in [-0.15, -0.1) is 0 Å². The lowest BCUT2D eigenvalue weighted by atomic mass is 9.85. The molecule has 1 aliphatic rings. The molecule has 0 aromatic heterocycles. The fourth-order valence-corrected chi connectivity index (χ4v) is 3.81. The Bertz CT molecular complexity index is 976. The van der Waals surface area contributed by atoms with Gasteiger partial charge in [0.2, 0.25) is 0 Å². The maximum absolute atomic E-state index is 9.74. The molecule has 168 valence electrons. The second-order valence-electron chi connectivity index (χ2n) is 8.44. The smallest absolute Gasteiger partial charge is 0.119 e. The summed E-state index contributed by atoms with van der Waals surface area (Å²) < 4.78 is 16.9.